The highest BCUT2D eigenvalue weighted by molar-refractivity contribution is 9.10. The van der Waals surface area contributed by atoms with Crippen molar-refractivity contribution in [2.24, 2.45) is 0 Å². The van der Waals surface area contributed by atoms with Gasteiger partial charge in [0.2, 0.25) is 5.91 Å². The van der Waals surface area contributed by atoms with Gasteiger partial charge in [-0.15, -0.1) is 0 Å². The minimum absolute atomic E-state index is 0.0983. The fraction of sp³-hybridized carbons (Fsp3) is 0.160. The molecule has 1 aliphatic heterocycles. The molecule has 3 aromatic rings. The Morgan fingerprint density at radius 1 is 1.18 bits per heavy atom. The van der Waals surface area contributed by atoms with Crippen LogP contribution in [0.25, 0.3) is 0 Å². The lowest BCUT2D eigenvalue weighted by Crippen LogP contribution is -2.32. The molecular formula is C25H20BrN3O3S. The summed E-state index contributed by atoms with van der Waals surface area (Å²) in [5, 5.41) is 12.5. The molecule has 0 aliphatic carbocycles. The van der Waals surface area contributed by atoms with Crippen molar-refractivity contribution in [2.75, 3.05) is 4.90 Å². The zero-order valence-electron chi connectivity index (χ0n) is 17.7. The van der Waals surface area contributed by atoms with Crippen molar-refractivity contribution in [3.05, 3.63) is 98.9 Å². The molecule has 1 atom stereocenters. The fourth-order valence-electron chi connectivity index (χ4n) is 3.42. The molecule has 1 unspecified atom stereocenters. The maximum atomic E-state index is 13.5. The van der Waals surface area contributed by atoms with E-state index >= 15 is 0 Å². The quantitative estimate of drug-likeness (QED) is 0.360. The van der Waals surface area contributed by atoms with E-state index in [0.717, 1.165) is 15.6 Å². The molecule has 33 heavy (non-hydrogen) atoms. The number of hydrogen-bond donors (Lipinski definition) is 1. The Morgan fingerprint density at radius 2 is 1.91 bits per heavy atom. The highest BCUT2D eigenvalue weighted by Gasteiger charge is 2.40. The Bertz CT molecular complexity index is 1230. The van der Waals surface area contributed by atoms with Gasteiger partial charge in [-0.05, 0) is 55.3 Å². The molecule has 166 valence electrons. The number of halogens is 1. The van der Waals surface area contributed by atoms with Gasteiger partial charge in [-0.2, -0.15) is 5.26 Å². The average molecular weight is 522 g/mol. The third-order valence-electron chi connectivity index (χ3n) is 5.14. The number of nitrogens with zero attached hydrogens (tertiary/aromatic N) is 2. The minimum Gasteiger partial charge on any atom is -0.467 e. The van der Waals surface area contributed by atoms with E-state index < -0.39 is 11.2 Å². The van der Waals surface area contributed by atoms with Crippen LogP contribution in [0.1, 0.15) is 16.9 Å². The van der Waals surface area contributed by atoms with E-state index in [-0.39, 0.29) is 18.0 Å². The molecule has 1 aromatic heterocycles. The van der Waals surface area contributed by atoms with E-state index in [1.54, 1.807) is 12.1 Å². The van der Waals surface area contributed by atoms with E-state index in [1.165, 1.54) is 22.9 Å². The van der Waals surface area contributed by atoms with E-state index in [1.807, 2.05) is 61.5 Å². The molecule has 6 nitrogen and oxygen atoms in total. The molecule has 1 saturated heterocycles. The maximum absolute atomic E-state index is 13.5. The second-order valence-electron chi connectivity index (χ2n) is 7.50. The predicted octanol–water partition coefficient (Wildman–Crippen LogP) is 5.09. The van der Waals surface area contributed by atoms with Gasteiger partial charge < -0.3 is 9.73 Å². The van der Waals surface area contributed by atoms with E-state index in [9.17, 15) is 14.9 Å². The van der Waals surface area contributed by atoms with Gasteiger partial charge in [-0.3, -0.25) is 14.5 Å². The number of benzene rings is 2. The largest absolute Gasteiger partial charge is 0.467 e. The lowest BCUT2D eigenvalue weighted by molar-refractivity contribution is -0.117. The SMILES string of the molecule is Cc1ccc(N2C(=O)C(Cc3ccc(Br)cc3)S/C2=C(\C#N)C(=O)NCc2ccco2)cc1. The topological polar surface area (TPSA) is 86.3 Å². The van der Waals surface area contributed by atoms with Crippen LogP contribution in [0.15, 0.2) is 86.4 Å². The Kier molecular flexibility index (Phi) is 7.02. The normalized spacial score (nSPS) is 17.1. The van der Waals surface area contributed by atoms with E-state index in [0.29, 0.717) is 22.9 Å². The van der Waals surface area contributed by atoms with Crippen LogP contribution in [0.3, 0.4) is 0 Å². The number of rotatable bonds is 6. The van der Waals surface area contributed by atoms with Crippen LogP contribution in [0.2, 0.25) is 0 Å². The van der Waals surface area contributed by atoms with Gasteiger partial charge in [-0.1, -0.05) is 57.5 Å². The summed E-state index contributed by atoms with van der Waals surface area (Å²) in [6.45, 7) is 2.11. The van der Waals surface area contributed by atoms with Crippen LogP contribution in [0, 0.1) is 18.3 Å². The Balaban J connectivity index is 1.67. The summed E-state index contributed by atoms with van der Waals surface area (Å²) in [6.07, 6.45) is 2.00. The van der Waals surface area contributed by atoms with Crippen LogP contribution in [0.5, 0.6) is 0 Å². The second kappa shape index (κ2) is 10.1. The number of amides is 2. The summed E-state index contributed by atoms with van der Waals surface area (Å²) in [6, 6.07) is 20.7. The number of furan rings is 1. The number of carbonyl (C=O) groups is 2. The third kappa shape index (κ3) is 5.21. The number of aryl methyl sites for hydroxylation is 1. The van der Waals surface area contributed by atoms with Crippen LogP contribution in [-0.4, -0.2) is 17.1 Å². The number of thioether (sulfide) groups is 1. The minimum atomic E-state index is -0.550. The second-order valence-corrected chi connectivity index (χ2v) is 9.61. The molecule has 8 heteroatoms. The standard InChI is InChI=1S/C25H20BrN3O3S/c1-16-4-10-19(11-5-16)29-24(31)22(13-17-6-8-18(26)9-7-17)33-25(29)21(14-27)23(30)28-15-20-3-2-12-32-20/h2-12,22H,13,15H2,1H3,(H,28,30)/b25-21+. The molecular weight excluding hydrogens is 502 g/mol. The van der Waals surface area contributed by atoms with Gasteiger partial charge in [-0.25, -0.2) is 0 Å². The van der Waals surface area contributed by atoms with Crippen molar-refractivity contribution < 1.29 is 14.0 Å². The van der Waals surface area contributed by atoms with Crippen LogP contribution in [-0.2, 0) is 22.6 Å². The first kappa shape index (κ1) is 22.9. The molecule has 1 N–H and O–H groups in total. The summed E-state index contributed by atoms with van der Waals surface area (Å²) in [4.78, 5) is 27.9. The third-order valence-corrected chi connectivity index (χ3v) is 6.93. The van der Waals surface area contributed by atoms with Crippen LogP contribution < -0.4 is 10.2 Å². The first-order chi connectivity index (χ1) is 16.0. The lowest BCUT2D eigenvalue weighted by Gasteiger charge is -2.19. The Hall–Kier alpha value is -3.28. The number of anilines is 1. The number of nitrogens with one attached hydrogen (secondary N) is 1. The van der Waals surface area contributed by atoms with Crippen molar-refractivity contribution in [3.8, 4) is 6.07 Å². The summed E-state index contributed by atoms with van der Waals surface area (Å²) in [5.74, 6) is -0.136. The first-order valence-electron chi connectivity index (χ1n) is 10.2. The van der Waals surface area contributed by atoms with Gasteiger partial charge in [0.25, 0.3) is 5.91 Å². The van der Waals surface area contributed by atoms with Crippen molar-refractivity contribution in [2.45, 2.75) is 25.1 Å². The number of carbonyl (C=O) groups excluding carboxylic acids is 2. The highest BCUT2D eigenvalue weighted by Crippen LogP contribution is 2.42. The summed E-state index contributed by atoms with van der Waals surface area (Å²) in [7, 11) is 0. The van der Waals surface area contributed by atoms with Crippen molar-refractivity contribution in [1.29, 1.82) is 5.26 Å². The molecule has 0 bridgehead atoms. The molecule has 0 spiro atoms. The molecule has 0 saturated carbocycles. The molecule has 1 aliphatic rings. The van der Waals surface area contributed by atoms with Crippen molar-refractivity contribution in [1.82, 2.24) is 5.32 Å². The van der Waals surface area contributed by atoms with Crippen LogP contribution >= 0.6 is 27.7 Å². The molecule has 4 rings (SSSR count). The summed E-state index contributed by atoms with van der Waals surface area (Å²) >= 11 is 4.67. The number of nitriles is 1. The molecule has 1 fully saturated rings. The Labute approximate surface area is 204 Å². The van der Waals surface area contributed by atoms with Gasteiger partial charge in [0.1, 0.15) is 22.4 Å². The molecule has 2 heterocycles. The van der Waals surface area contributed by atoms with E-state index in [4.69, 9.17) is 4.42 Å². The molecule has 2 aromatic carbocycles. The zero-order chi connectivity index (χ0) is 23.4. The van der Waals surface area contributed by atoms with Gasteiger partial charge >= 0.3 is 0 Å². The van der Waals surface area contributed by atoms with Gasteiger partial charge in [0, 0.05) is 10.2 Å². The smallest absolute Gasteiger partial charge is 0.265 e. The number of hydrogen-bond acceptors (Lipinski definition) is 5. The maximum Gasteiger partial charge on any atom is 0.265 e. The monoisotopic (exact) mass is 521 g/mol. The first-order valence-corrected chi connectivity index (χ1v) is 11.9. The predicted molar refractivity (Wildman–Crippen MR) is 131 cm³/mol. The van der Waals surface area contributed by atoms with Crippen molar-refractivity contribution in [3.63, 3.8) is 0 Å². The Morgan fingerprint density at radius 3 is 2.55 bits per heavy atom. The fourth-order valence-corrected chi connectivity index (χ4v) is 4.99. The molecule has 2 amide bonds. The van der Waals surface area contributed by atoms with Crippen LogP contribution in [0.4, 0.5) is 5.69 Å². The highest BCUT2D eigenvalue weighted by atomic mass is 79.9. The summed E-state index contributed by atoms with van der Waals surface area (Å²) in [5.41, 5.74) is 2.57. The molecule has 0 radical (unpaired) electrons. The van der Waals surface area contributed by atoms with Gasteiger partial charge in [0.15, 0.2) is 0 Å². The zero-order valence-corrected chi connectivity index (χ0v) is 20.2. The van der Waals surface area contributed by atoms with Crippen molar-refractivity contribution >= 4 is 45.2 Å². The average Bonchev–Trinajstić information content (AvgIpc) is 3.44. The summed E-state index contributed by atoms with van der Waals surface area (Å²) < 4.78 is 6.20. The van der Waals surface area contributed by atoms with Gasteiger partial charge in [0.05, 0.1) is 18.1 Å². The van der Waals surface area contributed by atoms with E-state index in [2.05, 4.69) is 21.2 Å². The lowest BCUT2D eigenvalue weighted by atomic mass is 10.1.